The van der Waals surface area contributed by atoms with Crippen molar-refractivity contribution in [3.63, 3.8) is 0 Å². The minimum Gasteiger partial charge on any atom is -0.383 e. The van der Waals surface area contributed by atoms with Crippen LogP contribution in [-0.4, -0.2) is 40.8 Å². The number of methoxy groups -OCH3 is 1. The molecule has 6 heteroatoms. The Hall–Kier alpha value is -2.99. The summed E-state index contributed by atoms with van der Waals surface area (Å²) in [7, 11) is 1.78. The van der Waals surface area contributed by atoms with Gasteiger partial charge in [-0.1, -0.05) is 54.1 Å². The second kappa shape index (κ2) is 10.7. The first-order valence-electron chi connectivity index (χ1n) is 12.2. The van der Waals surface area contributed by atoms with Crippen molar-refractivity contribution in [2.24, 2.45) is 0 Å². The van der Waals surface area contributed by atoms with Gasteiger partial charge in [-0.25, -0.2) is 4.98 Å². The third-order valence-electron chi connectivity index (χ3n) is 6.91. The number of aryl methyl sites for hydroxylation is 2. The van der Waals surface area contributed by atoms with Gasteiger partial charge in [-0.05, 0) is 72.3 Å². The molecule has 1 saturated heterocycles. The van der Waals surface area contributed by atoms with Gasteiger partial charge in [-0.15, -0.1) is 0 Å². The highest BCUT2D eigenvalue weighted by Gasteiger charge is 2.24. The lowest BCUT2D eigenvalue weighted by Crippen LogP contribution is -2.32. The molecular formula is C29H30ClN3O2. The molecule has 0 spiro atoms. The number of hydrogen-bond donors (Lipinski definition) is 0. The molecule has 4 aromatic rings. The number of nitrogens with zero attached hydrogens (tertiary/aromatic N) is 3. The van der Waals surface area contributed by atoms with Crippen molar-refractivity contribution >= 4 is 22.5 Å². The molecule has 0 N–H and O–H groups in total. The number of halogens is 1. The number of likely N-dealkylation sites (tertiary alicyclic amines) is 1. The fourth-order valence-corrected chi connectivity index (χ4v) is 5.05. The van der Waals surface area contributed by atoms with Gasteiger partial charge in [0.15, 0.2) is 0 Å². The third kappa shape index (κ3) is 5.48. The first-order valence-corrected chi connectivity index (χ1v) is 12.5. The van der Waals surface area contributed by atoms with Crippen LogP contribution < -0.4 is 5.56 Å². The normalized spacial score (nSPS) is 16.2. The molecule has 1 fully saturated rings. The minimum absolute atomic E-state index is 0.00695. The first-order chi connectivity index (χ1) is 17.1. The van der Waals surface area contributed by atoms with Crippen LogP contribution in [0.5, 0.6) is 0 Å². The van der Waals surface area contributed by atoms with Crippen molar-refractivity contribution in [1.82, 2.24) is 14.5 Å². The van der Waals surface area contributed by atoms with Gasteiger partial charge in [0.25, 0.3) is 5.56 Å². The van der Waals surface area contributed by atoms with E-state index >= 15 is 0 Å². The van der Waals surface area contributed by atoms with E-state index in [1.165, 1.54) is 24.0 Å². The summed E-state index contributed by atoms with van der Waals surface area (Å²) in [6, 6.07) is 22.8. The molecule has 0 aliphatic carbocycles. The van der Waals surface area contributed by atoms with Crippen LogP contribution in [0.3, 0.4) is 0 Å². The van der Waals surface area contributed by atoms with Crippen molar-refractivity contribution in [1.29, 1.82) is 0 Å². The van der Waals surface area contributed by atoms with Crippen LogP contribution in [0.4, 0.5) is 0 Å². The Balaban J connectivity index is 1.25. The number of benzene rings is 3. The molecule has 0 amide bonds. The van der Waals surface area contributed by atoms with Gasteiger partial charge < -0.3 is 4.74 Å². The average molecular weight is 488 g/mol. The summed E-state index contributed by atoms with van der Waals surface area (Å²) >= 11 is 6.00. The Morgan fingerprint density at radius 3 is 2.51 bits per heavy atom. The van der Waals surface area contributed by atoms with E-state index < -0.39 is 0 Å². The van der Waals surface area contributed by atoms with E-state index in [2.05, 4.69) is 34.1 Å². The van der Waals surface area contributed by atoms with Crippen molar-refractivity contribution in [3.8, 4) is 11.1 Å². The molecule has 0 saturated carbocycles. The maximum absolute atomic E-state index is 13.1. The van der Waals surface area contributed by atoms with Crippen molar-refractivity contribution in [2.45, 2.75) is 38.4 Å². The number of rotatable bonds is 8. The third-order valence-corrected chi connectivity index (χ3v) is 7.16. The smallest absolute Gasteiger partial charge is 0.261 e. The lowest BCUT2D eigenvalue weighted by Gasteiger charge is -2.23. The van der Waals surface area contributed by atoms with Crippen LogP contribution in [0.15, 0.2) is 77.9 Å². The number of aromatic nitrogens is 2. The standard InChI is InChI=1S/C29H30ClN3O2/c1-35-19-26-3-2-15-32(26)18-22-6-4-21(5-7-22)14-16-33-20-31-28-17-24(10-13-27(28)29(33)34)23-8-11-25(30)12-9-23/h4-13,17,20,26H,2-3,14-16,18-19H2,1H3. The van der Waals surface area contributed by atoms with Gasteiger partial charge in [-0.2, -0.15) is 0 Å². The summed E-state index contributed by atoms with van der Waals surface area (Å²) in [5, 5.41) is 1.34. The predicted molar refractivity (Wildman–Crippen MR) is 142 cm³/mol. The van der Waals surface area contributed by atoms with Gasteiger partial charge in [0.2, 0.25) is 0 Å². The van der Waals surface area contributed by atoms with Gasteiger partial charge in [-0.3, -0.25) is 14.3 Å². The monoisotopic (exact) mass is 487 g/mol. The summed E-state index contributed by atoms with van der Waals surface area (Å²) in [6.45, 7) is 3.49. The maximum atomic E-state index is 13.1. The molecular weight excluding hydrogens is 458 g/mol. The highest BCUT2D eigenvalue weighted by molar-refractivity contribution is 6.30. The summed E-state index contributed by atoms with van der Waals surface area (Å²) in [5.74, 6) is 0. The molecule has 5 nitrogen and oxygen atoms in total. The molecule has 1 atom stereocenters. The second-order valence-corrected chi connectivity index (χ2v) is 9.71. The van der Waals surface area contributed by atoms with Crippen LogP contribution in [0.1, 0.15) is 24.0 Å². The van der Waals surface area contributed by atoms with Crippen LogP contribution >= 0.6 is 11.6 Å². The van der Waals surface area contributed by atoms with E-state index in [0.717, 1.165) is 37.2 Å². The Morgan fingerprint density at radius 1 is 1.00 bits per heavy atom. The summed E-state index contributed by atoms with van der Waals surface area (Å²) < 4.78 is 7.08. The lowest BCUT2D eigenvalue weighted by atomic mass is 10.0. The molecule has 35 heavy (non-hydrogen) atoms. The average Bonchev–Trinajstić information content (AvgIpc) is 3.31. The molecule has 3 aromatic carbocycles. The molecule has 180 valence electrons. The molecule has 1 aliphatic heterocycles. The molecule has 2 heterocycles. The molecule has 0 radical (unpaired) electrons. The van der Waals surface area contributed by atoms with Crippen molar-refractivity contribution in [2.75, 3.05) is 20.3 Å². The van der Waals surface area contributed by atoms with Gasteiger partial charge in [0.05, 0.1) is 23.8 Å². The summed E-state index contributed by atoms with van der Waals surface area (Å²) in [5.41, 5.74) is 5.29. The van der Waals surface area contributed by atoms with Gasteiger partial charge in [0, 0.05) is 31.3 Å². The number of hydrogen-bond acceptors (Lipinski definition) is 4. The predicted octanol–water partition coefficient (Wildman–Crippen LogP) is 5.57. The Bertz CT molecular complexity index is 1350. The van der Waals surface area contributed by atoms with Crippen molar-refractivity contribution < 1.29 is 4.74 Å². The van der Waals surface area contributed by atoms with E-state index in [4.69, 9.17) is 16.3 Å². The maximum Gasteiger partial charge on any atom is 0.261 e. The molecule has 1 aliphatic rings. The van der Waals surface area contributed by atoms with Crippen LogP contribution in [0, 0.1) is 0 Å². The molecule has 1 unspecified atom stereocenters. The summed E-state index contributed by atoms with van der Waals surface area (Å²) in [6.07, 6.45) is 4.90. The second-order valence-electron chi connectivity index (χ2n) is 9.27. The van der Waals surface area contributed by atoms with E-state index in [-0.39, 0.29) is 5.56 Å². The van der Waals surface area contributed by atoms with E-state index in [1.54, 1.807) is 18.0 Å². The molecule has 0 bridgehead atoms. The van der Waals surface area contributed by atoms with Gasteiger partial charge in [0.1, 0.15) is 0 Å². The fraction of sp³-hybridized carbons (Fsp3) is 0.310. The number of ether oxygens (including phenoxy) is 1. The first kappa shape index (κ1) is 23.7. The molecule has 1 aromatic heterocycles. The fourth-order valence-electron chi connectivity index (χ4n) is 4.92. The Labute approximate surface area is 210 Å². The van der Waals surface area contributed by atoms with Crippen LogP contribution in [0.25, 0.3) is 22.0 Å². The zero-order chi connectivity index (χ0) is 24.2. The largest absolute Gasteiger partial charge is 0.383 e. The lowest BCUT2D eigenvalue weighted by molar-refractivity contribution is 0.112. The highest BCUT2D eigenvalue weighted by Crippen LogP contribution is 2.24. The van der Waals surface area contributed by atoms with E-state index in [9.17, 15) is 4.79 Å². The Morgan fingerprint density at radius 2 is 1.74 bits per heavy atom. The Kier molecular flexibility index (Phi) is 7.28. The topological polar surface area (TPSA) is 47.4 Å². The van der Waals surface area contributed by atoms with Crippen LogP contribution in [0.2, 0.25) is 5.02 Å². The number of fused-ring (bicyclic) bond motifs is 1. The quantitative estimate of drug-likeness (QED) is 0.326. The van der Waals surface area contributed by atoms with Crippen LogP contribution in [-0.2, 0) is 24.2 Å². The highest BCUT2D eigenvalue weighted by atomic mass is 35.5. The molecule has 5 rings (SSSR count). The van der Waals surface area contributed by atoms with E-state index in [1.807, 2.05) is 42.5 Å². The zero-order valence-electron chi connectivity index (χ0n) is 20.0. The van der Waals surface area contributed by atoms with Crippen molar-refractivity contribution in [3.05, 3.63) is 99.6 Å². The zero-order valence-corrected chi connectivity index (χ0v) is 20.7. The van der Waals surface area contributed by atoms with E-state index in [0.29, 0.717) is 28.5 Å². The minimum atomic E-state index is -0.00695. The SMILES string of the molecule is COCC1CCCN1Cc1ccc(CCn2cnc3cc(-c4ccc(Cl)cc4)ccc3c2=O)cc1. The van der Waals surface area contributed by atoms with Gasteiger partial charge >= 0.3 is 0 Å². The summed E-state index contributed by atoms with van der Waals surface area (Å²) in [4.78, 5) is 20.1.